The number of hydrogen-bond acceptors (Lipinski definition) is 3. The summed E-state index contributed by atoms with van der Waals surface area (Å²) < 4.78 is 0. The number of hydrogen-bond donors (Lipinski definition) is 0. The molecule has 1 rings (SSSR count). The van der Waals surface area contributed by atoms with Gasteiger partial charge in [0.1, 0.15) is 5.41 Å². The molecule has 3 heteroatoms. The van der Waals surface area contributed by atoms with Crippen LogP contribution in [0.25, 0.3) is 0 Å². The highest BCUT2D eigenvalue weighted by Gasteiger charge is 2.59. The lowest BCUT2D eigenvalue weighted by atomic mass is 9.61. The van der Waals surface area contributed by atoms with Crippen molar-refractivity contribution >= 4 is 0 Å². The smallest absolute Gasteiger partial charge is 0.110 e. The van der Waals surface area contributed by atoms with Gasteiger partial charge in [-0.05, 0) is 34.1 Å². The van der Waals surface area contributed by atoms with Crippen molar-refractivity contribution in [3.05, 3.63) is 0 Å². The monoisotopic (exact) mass is 179 g/mol. The molecule has 72 valence electrons. The van der Waals surface area contributed by atoms with Crippen LogP contribution in [0.15, 0.2) is 10.2 Å². The van der Waals surface area contributed by atoms with E-state index in [0.717, 1.165) is 6.42 Å². The van der Waals surface area contributed by atoms with E-state index in [4.69, 9.17) is 0 Å². The van der Waals surface area contributed by atoms with Crippen molar-refractivity contribution in [2.75, 3.05) is 0 Å². The highest BCUT2D eigenvalue weighted by Crippen LogP contribution is 2.52. The molecule has 0 fully saturated rings. The van der Waals surface area contributed by atoms with E-state index in [9.17, 15) is 5.26 Å². The molecule has 0 atom stereocenters. The second-order valence-electron chi connectivity index (χ2n) is 4.69. The van der Waals surface area contributed by atoms with Crippen molar-refractivity contribution in [3.63, 3.8) is 0 Å². The molecule has 0 aromatic carbocycles. The van der Waals surface area contributed by atoms with Crippen LogP contribution in [0.1, 0.15) is 41.0 Å². The van der Waals surface area contributed by atoms with Crippen LogP contribution < -0.4 is 0 Å². The predicted molar refractivity (Wildman–Crippen MR) is 51.4 cm³/mol. The molecule has 0 unspecified atom stereocenters. The summed E-state index contributed by atoms with van der Waals surface area (Å²) in [5, 5.41) is 17.8. The largest absolute Gasteiger partial charge is 0.198 e. The van der Waals surface area contributed by atoms with Crippen LogP contribution in [0.4, 0.5) is 0 Å². The fraction of sp³-hybridized carbons (Fsp3) is 0.900. The van der Waals surface area contributed by atoms with E-state index in [1.54, 1.807) is 0 Å². The first-order valence-electron chi connectivity index (χ1n) is 4.68. The summed E-state index contributed by atoms with van der Waals surface area (Å²) in [6, 6.07) is 2.42. The van der Waals surface area contributed by atoms with Gasteiger partial charge in [0.15, 0.2) is 0 Å². The molecule has 0 amide bonds. The maximum Gasteiger partial charge on any atom is 0.110 e. The molecular weight excluding hydrogens is 162 g/mol. The van der Waals surface area contributed by atoms with E-state index < -0.39 is 5.41 Å². The zero-order valence-corrected chi connectivity index (χ0v) is 9.05. The summed E-state index contributed by atoms with van der Waals surface area (Å²) in [5.41, 5.74) is -1.18. The molecule has 1 aliphatic rings. The minimum Gasteiger partial charge on any atom is -0.198 e. The maximum absolute atomic E-state index is 9.32. The van der Waals surface area contributed by atoms with Crippen molar-refractivity contribution in [3.8, 4) is 6.07 Å². The molecule has 0 aromatic heterocycles. The molecular formula is C10H17N3. The molecule has 3 nitrogen and oxygen atoms in total. The highest BCUT2D eigenvalue weighted by molar-refractivity contribution is 5.23. The molecule has 0 spiro atoms. The van der Waals surface area contributed by atoms with E-state index in [0.29, 0.717) is 0 Å². The van der Waals surface area contributed by atoms with Crippen molar-refractivity contribution < 1.29 is 0 Å². The van der Waals surface area contributed by atoms with Crippen LogP contribution in [0, 0.1) is 16.7 Å². The molecule has 0 N–H and O–H groups in total. The van der Waals surface area contributed by atoms with Gasteiger partial charge in [-0.3, -0.25) is 0 Å². The Hall–Kier alpha value is -0.910. The Labute approximate surface area is 79.9 Å². The predicted octanol–water partition coefficient (Wildman–Crippen LogP) is 2.93. The van der Waals surface area contributed by atoms with Crippen LogP contribution in [0.2, 0.25) is 0 Å². The lowest BCUT2D eigenvalue weighted by Gasteiger charge is -2.39. The minimum atomic E-state index is -0.458. The van der Waals surface area contributed by atoms with E-state index in [1.807, 2.05) is 34.6 Å². The first-order chi connectivity index (χ1) is 5.83. The number of rotatable bonds is 1. The third-order valence-corrected chi connectivity index (χ3v) is 3.36. The van der Waals surface area contributed by atoms with Gasteiger partial charge in [-0.25, -0.2) is 0 Å². The van der Waals surface area contributed by atoms with Crippen molar-refractivity contribution in [1.82, 2.24) is 0 Å². The quantitative estimate of drug-likeness (QED) is 0.610. The molecule has 0 radical (unpaired) electrons. The van der Waals surface area contributed by atoms with Gasteiger partial charge in [0.05, 0.1) is 17.1 Å². The summed E-state index contributed by atoms with van der Waals surface area (Å²) in [6.07, 6.45) is 0.788. The SMILES string of the molecule is CCC1(C#N)C(C)(C)N=NC1(C)C. The average molecular weight is 179 g/mol. The molecule has 13 heavy (non-hydrogen) atoms. The molecule has 0 saturated carbocycles. The van der Waals surface area contributed by atoms with E-state index in [-0.39, 0.29) is 11.1 Å². The summed E-state index contributed by atoms with van der Waals surface area (Å²) in [7, 11) is 0. The highest BCUT2D eigenvalue weighted by atomic mass is 15.3. The van der Waals surface area contributed by atoms with Gasteiger partial charge in [-0.2, -0.15) is 15.5 Å². The fourth-order valence-corrected chi connectivity index (χ4v) is 2.39. The van der Waals surface area contributed by atoms with Crippen LogP contribution >= 0.6 is 0 Å². The van der Waals surface area contributed by atoms with E-state index >= 15 is 0 Å². The number of nitriles is 1. The van der Waals surface area contributed by atoms with Gasteiger partial charge in [-0.15, -0.1) is 0 Å². The zero-order chi connectivity index (χ0) is 10.3. The Morgan fingerprint density at radius 1 is 1.08 bits per heavy atom. The second-order valence-corrected chi connectivity index (χ2v) is 4.69. The third kappa shape index (κ3) is 1.01. The Morgan fingerprint density at radius 2 is 1.46 bits per heavy atom. The van der Waals surface area contributed by atoms with Gasteiger partial charge in [0.25, 0.3) is 0 Å². The zero-order valence-electron chi connectivity index (χ0n) is 9.05. The third-order valence-electron chi connectivity index (χ3n) is 3.36. The minimum absolute atomic E-state index is 0.361. The number of nitrogens with zero attached hydrogens (tertiary/aromatic N) is 3. The van der Waals surface area contributed by atoms with Gasteiger partial charge < -0.3 is 0 Å². The topological polar surface area (TPSA) is 48.5 Å². The normalized spacial score (nSPS) is 27.1. The average Bonchev–Trinajstić information content (AvgIpc) is 2.20. The van der Waals surface area contributed by atoms with Gasteiger partial charge in [-0.1, -0.05) is 6.92 Å². The Kier molecular flexibility index (Phi) is 1.99. The first-order valence-corrected chi connectivity index (χ1v) is 4.68. The number of azo groups is 1. The summed E-state index contributed by atoms with van der Waals surface area (Å²) in [6.45, 7) is 9.97. The molecule has 0 aliphatic carbocycles. The van der Waals surface area contributed by atoms with Crippen molar-refractivity contribution in [2.45, 2.75) is 52.1 Å². The Balaban J connectivity index is 3.28. The van der Waals surface area contributed by atoms with Gasteiger partial charge >= 0.3 is 0 Å². The summed E-state index contributed by atoms with van der Waals surface area (Å²) in [5.74, 6) is 0. The molecule has 1 heterocycles. The lowest BCUT2D eigenvalue weighted by molar-refractivity contribution is 0.168. The van der Waals surface area contributed by atoms with E-state index in [2.05, 4.69) is 16.3 Å². The lowest BCUT2D eigenvalue weighted by Crippen LogP contribution is -2.49. The van der Waals surface area contributed by atoms with Crippen LogP contribution in [-0.2, 0) is 0 Å². The van der Waals surface area contributed by atoms with Gasteiger partial charge in [0, 0.05) is 0 Å². The summed E-state index contributed by atoms with van der Waals surface area (Å²) >= 11 is 0. The molecule has 0 aromatic rings. The Bertz CT molecular complexity index is 263. The standard InChI is InChI=1S/C10H17N3/c1-6-10(7-11)8(2,3)12-13-9(10,4)5/h6H2,1-5H3. The first kappa shape index (κ1) is 10.2. The maximum atomic E-state index is 9.32. The fourth-order valence-electron chi connectivity index (χ4n) is 2.39. The van der Waals surface area contributed by atoms with E-state index in [1.165, 1.54) is 0 Å². The Morgan fingerprint density at radius 3 is 1.62 bits per heavy atom. The second kappa shape index (κ2) is 2.54. The summed E-state index contributed by atoms with van der Waals surface area (Å²) in [4.78, 5) is 0. The van der Waals surface area contributed by atoms with Crippen molar-refractivity contribution in [2.24, 2.45) is 15.6 Å². The molecule has 1 aliphatic heterocycles. The molecule has 0 saturated heterocycles. The van der Waals surface area contributed by atoms with Crippen LogP contribution in [0.5, 0.6) is 0 Å². The van der Waals surface area contributed by atoms with Gasteiger partial charge in [0.2, 0.25) is 0 Å². The van der Waals surface area contributed by atoms with Crippen molar-refractivity contribution in [1.29, 1.82) is 5.26 Å². The van der Waals surface area contributed by atoms with Crippen LogP contribution in [0.3, 0.4) is 0 Å². The molecule has 0 bridgehead atoms. The van der Waals surface area contributed by atoms with Crippen LogP contribution in [-0.4, -0.2) is 11.1 Å².